The van der Waals surface area contributed by atoms with Gasteiger partial charge in [0.15, 0.2) is 6.39 Å². The normalized spacial score (nSPS) is 20.8. The second-order valence-corrected chi connectivity index (χ2v) is 5.59. The standard InChI is InChI=1S/C14H25N3O/c1-11(2)17(8-13-5-4-6-15-7-13)9-14-12(3)18-10-16-14/h10-11,13,15H,4-9H2,1-3H3. The van der Waals surface area contributed by atoms with Crippen molar-refractivity contribution in [2.75, 3.05) is 19.6 Å². The zero-order valence-electron chi connectivity index (χ0n) is 11.8. The summed E-state index contributed by atoms with van der Waals surface area (Å²) in [6.45, 7) is 10.9. The summed E-state index contributed by atoms with van der Waals surface area (Å²) >= 11 is 0. The minimum absolute atomic E-state index is 0.544. The number of hydrogen-bond acceptors (Lipinski definition) is 4. The number of nitrogens with zero attached hydrogens (tertiary/aromatic N) is 2. The molecule has 0 amide bonds. The van der Waals surface area contributed by atoms with E-state index in [1.807, 2.05) is 6.92 Å². The molecule has 0 bridgehead atoms. The Hall–Kier alpha value is -0.870. The van der Waals surface area contributed by atoms with E-state index >= 15 is 0 Å². The Balaban J connectivity index is 1.93. The van der Waals surface area contributed by atoms with Gasteiger partial charge in [0.25, 0.3) is 0 Å². The Morgan fingerprint density at radius 1 is 1.56 bits per heavy atom. The molecule has 1 unspecified atom stereocenters. The van der Waals surface area contributed by atoms with Crippen molar-refractivity contribution in [3.63, 3.8) is 0 Å². The fraction of sp³-hybridized carbons (Fsp3) is 0.786. The second-order valence-electron chi connectivity index (χ2n) is 5.59. The number of hydrogen-bond donors (Lipinski definition) is 1. The van der Waals surface area contributed by atoms with Gasteiger partial charge in [-0.3, -0.25) is 4.90 Å². The Morgan fingerprint density at radius 2 is 2.39 bits per heavy atom. The summed E-state index contributed by atoms with van der Waals surface area (Å²) in [6, 6.07) is 0.544. The van der Waals surface area contributed by atoms with E-state index < -0.39 is 0 Å². The molecular formula is C14H25N3O. The van der Waals surface area contributed by atoms with Gasteiger partial charge < -0.3 is 9.73 Å². The summed E-state index contributed by atoms with van der Waals surface area (Å²) in [4.78, 5) is 6.81. The first kappa shape index (κ1) is 13.6. The van der Waals surface area contributed by atoms with E-state index in [1.165, 1.54) is 19.4 Å². The van der Waals surface area contributed by atoms with Crippen LogP contribution in [0.4, 0.5) is 0 Å². The van der Waals surface area contributed by atoms with Gasteiger partial charge in [-0.2, -0.15) is 0 Å². The van der Waals surface area contributed by atoms with Gasteiger partial charge in [0.1, 0.15) is 5.76 Å². The summed E-state index contributed by atoms with van der Waals surface area (Å²) in [5.41, 5.74) is 1.08. The zero-order valence-corrected chi connectivity index (χ0v) is 11.8. The molecule has 1 aromatic heterocycles. The average molecular weight is 251 g/mol. The Morgan fingerprint density at radius 3 is 2.94 bits per heavy atom. The van der Waals surface area contributed by atoms with Gasteiger partial charge in [0.2, 0.25) is 0 Å². The molecule has 0 saturated carbocycles. The molecule has 102 valence electrons. The van der Waals surface area contributed by atoms with E-state index in [1.54, 1.807) is 6.39 Å². The largest absolute Gasteiger partial charge is 0.448 e. The first-order chi connectivity index (χ1) is 8.66. The third kappa shape index (κ3) is 3.56. The molecule has 2 heterocycles. The second kappa shape index (κ2) is 6.34. The quantitative estimate of drug-likeness (QED) is 0.871. The summed E-state index contributed by atoms with van der Waals surface area (Å²) in [5.74, 6) is 1.72. The number of piperidine rings is 1. The minimum Gasteiger partial charge on any atom is -0.448 e. The summed E-state index contributed by atoms with van der Waals surface area (Å²) in [7, 11) is 0. The molecule has 4 nitrogen and oxygen atoms in total. The first-order valence-corrected chi connectivity index (χ1v) is 7.00. The Bertz CT molecular complexity index is 356. The van der Waals surface area contributed by atoms with E-state index in [2.05, 4.69) is 29.0 Å². The van der Waals surface area contributed by atoms with Crippen LogP contribution in [0.3, 0.4) is 0 Å². The number of nitrogens with one attached hydrogen (secondary N) is 1. The molecule has 2 rings (SSSR count). The predicted molar refractivity (Wildman–Crippen MR) is 72.4 cm³/mol. The van der Waals surface area contributed by atoms with Gasteiger partial charge in [-0.1, -0.05) is 0 Å². The van der Waals surface area contributed by atoms with Gasteiger partial charge in [0.05, 0.1) is 5.69 Å². The lowest BCUT2D eigenvalue weighted by atomic mass is 9.98. The highest BCUT2D eigenvalue weighted by atomic mass is 16.3. The van der Waals surface area contributed by atoms with Crippen LogP contribution in [0.1, 0.15) is 38.1 Å². The van der Waals surface area contributed by atoms with Crippen LogP contribution >= 0.6 is 0 Å². The smallest absolute Gasteiger partial charge is 0.181 e. The van der Waals surface area contributed by atoms with Crippen molar-refractivity contribution < 1.29 is 4.42 Å². The molecule has 4 heteroatoms. The lowest BCUT2D eigenvalue weighted by Crippen LogP contribution is -2.40. The van der Waals surface area contributed by atoms with Gasteiger partial charge in [0, 0.05) is 19.1 Å². The number of aromatic nitrogens is 1. The molecule has 0 spiro atoms. The van der Waals surface area contributed by atoms with Gasteiger partial charge >= 0.3 is 0 Å². The summed E-state index contributed by atoms with van der Waals surface area (Å²) < 4.78 is 5.28. The third-order valence-electron chi connectivity index (χ3n) is 3.82. The number of oxazole rings is 1. The molecule has 1 fully saturated rings. The molecule has 0 aliphatic carbocycles. The maximum Gasteiger partial charge on any atom is 0.181 e. The van der Waals surface area contributed by atoms with Crippen LogP contribution in [0.25, 0.3) is 0 Å². The molecule has 0 aromatic carbocycles. The topological polar surface area (TPSA) is 41.3 Å². The molecular weight excluding hydrogens is 226 g/mol. The summed E-state index contributed by atoms with van der Waals surface area (Å²) in [5, 5.41) is 3.49. The van der Waals surface area contributed by atoms with Gasteiger partial charge in [-0.05, 0) is 52.6 Å². The van der Waals surface area contributed by atoms with E-state index in [0.29, 0.717) is 6.04 Å². The fourth-order valence-corrected chi connectivity index (χ4v) is 2.54. The lowest BCUT2D eigenvalue weighted by Gasteiger charge is -2.32. The SMILES string of the molecule is Cc1ocnc1CN(CC1CCCNC1)C(C)C. The van der Waals surface area contributed by atoms with Crippen LogP contribution in [0.15, 0.2) is 10.8 Å². The molecule has 1 saturated heterocycles. The lowest BCUT2D eigenvalue weighted by molar-refractivity contribution is 0.161. The van der Waals surface area contributed by atoms with Crippen molar-refractivity contribution in [2.24, 2.45) is 5.92 Å². The Kier molecular flexibility index (Phi) is 4.78. The highest BCUT2D eigenvalue weighted by Gasteiger charge is 2.20. The highest BCUT2D eigenvalue weighted by Crippen LogP contribution is 2.17. The van der Waals surface area contributed by atoms with E-state index in [4.69, 9.17) is 4.42 Å². The van der Waals surface area contributed by atoms with Gasteiger partial charge in [-0.15, -0.1) is 0 Å². The van der Waals surface area contributed by atoms with Crippen LogP contribution in [0.2, 0.25) is 0 Å². The van der Waals surface area contributed by atoms with E-state index in [-0.39, 0.29) is 0 Å². The van der Waals surface area contributed by atoms with Gasteiger partial charge in [-0.25, -0.2) is 4.98 Å². The van der Waals surface area contributed by atoms with Crippen LogP contribution in [0, 0.1) is 12.8 Å². The van der Waals surface area contributed by atoms with Crippen molar-refractivity contribution in [1.29, 1.82) is 0 Å². The van der Waals surface area contributed by atoms with E-state index in [9.17, 15) is 0 Å². The maximum atomic E-state index is 5.28. The maximum absolute atomic E-state index is 5.28. The van der Waals surface area contributed by atoms with Crippen molar-refractivity contribution in [3.05, 3.63) is 17.8 Å². The molecule has 1 atom stereocenters. The number of rotatable bonds is 5. The average Bonchev–Trinajstić information content (AvgIpc) is 2.75. The Labute approximate surface area is 110 Å². The van der Waals surface area contributed by atoms with Crippen molar-refractivity contribution in [3.8, 4) is 0 Å². The molecule has 1 aliphatic rings. The van der Waals surface area contributed by atoms with Crippen molar-refractivity contribution in [1.82, 2.24) is 15.2 Å². The molecule has 18 heavy (non-hydrogen) atoms. The first-order valence-electron chi connectivity index (χ1n) is 7.00. The van der Waals surface area contributed by atoms with Crippen LogP contribution in [-0.2, 0) is 6.54 Å². The molecule has 1 aromatic rings. The monoisotopic (exact) mass is 251 g/mol. The van der Waals surface area contributed by atoms with Crippen LogP contribution in [0.5, 0.6) is 0 Å². The fourth-order valence-electron chi connectivity index (χ4n) is 2.54. The van der Waals surface area contributed by atoms with Crippen molar-refractivity contribution >= 4 is 0 Å². The number of aryl methyl sites for hydroxylation is 1. The molecule has 1 aliphatic heterocycles. The zero-order chi connectivity index (χ0) is 13.0. The summed E-state index contributed by atoms with van der Waals surface area (Å²) in [6.07, 6.45) is 4.19. The molecule has 0 radical (unpaired) electrons. The molecule has 1 N–H and O–H groups in total. The van der Waals surface area contributed by atoms with E-state index in [0.717, 1.165) is 37.0 Å². The van der Waals surface area contributed by atoms with Crippen LogP contribution in [-0.4, -0.2) is 35.6 Å². The third-order valence-corrected chi connectivity index (χ3v) is 3.82. The predicted octanol–water partition coefficient (Wildman–Crippen LogP) is 2.19. The highest BCUT2D eigenvalue weighted by molar-refractivity contribution is 5.04. The minimum atomic E-state index is 0.544. The van der Waals surface area contributed by atoms with Crippen molar-refractivity contribution in [2.45, 2.75) is 46.2 Å². The van der Waals surface area contributed by atoms with Crippen LogP contribution < -0.4 is 5.32 Å².